The van der Waals surface area contributed by atoms with Crippen LogP contribution in [0.4, 0.5) is 5.69 Å². The fourth-order valence-corrected chi connectivity index (χ4v) is 3.12. The summed E-state index contributed by atoms with van der Waals surface area (Å²) in [6.45, 7) is 0.873. The van der Waals surface area contributed by atoms with E-state index in [-0.39, 0.29) is 5.91 Å². The lowest BCUT2D eigenvalue weighted by Gasteiger charge is -2.20. The number of anilines is 1. The highest BCUT2D eigenvalue weighted by Gasteiger charge is 2.23. The summed E-state index contributed by atoms with van der Waals surface area (Å²) in [7, 11) is 0. The number of alkyl halides is 1. The third-order valence-electron chi connectivity index (χ3n) is 3.06. The monoisotopic (exact) mass is 308 g/mol. The van der Waals surface area contributed by atoms with Crippen molar-refractivity contribution in [3.8, 4) is 5.75 Å². The third-order valence-corrected chi connectivity index (χ3v) is 4.22. The Hall–Kier alpha value is -1.59. The molecule has 1 aliphatic heterocycles. The molecule has 0 spiro atoms. The number of amides is 1. The molecule has 0 fully saturated rings. The van der Waals surface area contributed by atoms with Crippen molar-refractivity contribution in [3.63, 3.8) is 0 Å². The number of aromatic nitrogens is 1. The van der Waals surface area contributed by atoms with Gasteiger partial charge < -0.3 is 9.64 Å². The minimum absolute atomic E-state index is 0.0533. The number of benzene rings is 1. The summed E-state index contributed by atoms with van der Waals surface area (Å²) in [6, 6.07) is 7.59. The summed E-state index contributed by atoms with van der Waals surface area (Å²) in [6.07, 6.45) is 0.377. The highest BCUT2D eigenvalue weighted by Crippen LogP contribution is 2.32. The lowest BCUT2D eigenvalue weighted by atomic mass is 10.2. The Morgan fingerprint density at radius 1 is 1.40 bits per heavy atom. The number of carbonyl (C=O) groups excluding carboxylic acids is 1. The predicted molar refractivity (Wildman–Crippen MR) is 79.4 cm³/mol. The highest BCUT2D eigenvalue weighted by molar-refractivity contribution is 7.09. The molecule has 0 radical (unpaired) electrons. The van der Waals surface area contributed by atoms with Crippen LogP contribution in [0.25, 0.3) is 0 Å². The lowest BCUT2D eigenvalue weighted by molar-refractivity contribution is -0.118. The van der Waals surface area contributed by atoms with Crippen molar-refractivity contribution in [2.45, 2.75) is 18.8 Å². The van der Waals surface area contributed by atoms with Crippen LogP contribution in [0.1, 0.15) is 17.1 Å². The summed E-state index contributed by atoms with van der Waals surface area (Å²) in [5, 5.41) is 2.80. The molecule has 1 aromatic carbocycles. The number of carbonyl (C=O) groups is 1. The lowest BCUT2D eigenvalue weighted by Crippen LogP contribution is -2.29. The average Bonchev–Trinajstić information content (AvgIpc) is 2.87. The zero-order chi connectivity index (χ0) is 13.9. The fourth-order valence-electron chi connectivity index (χ4n) is 2.11. The van der Waals surface area contributed by atoms with E-state index in [1.165, 1.54) is 11.3 Å². The molecule has 1 amide bonds. The largest absolute Gasteiger partial charge is 0.491 e. The zero-order valence-electron chi connectivity index (χ0n) is 10.7. The van der Waals surface area contributed by atoms with Gasteiger partial charge in [0.15, 0.2) is 0 Å². The second kappa shape index (κ2) is 5.81. The Balaban J connectivity index is 1.91. The number of fused-ring (bicyclic) bond motifs is 1. The molecular weight excluding hydrogens is 296 g/mol. The molecule has 3 rings (SSSR count). The molecule has 1 aliphatic rings. The summed E-state index contributed by atoms with van der Waals surface area (Å²) in [5.41, 5.74) is 1.65. The van der Waals surface area contributed by atoms with Crippen LogP contribution < -0.4 is 9.64 Å². The second-order valence-corrected chi connectivity index (χ2v) is 5.62. The van der Waals surface area contributed by atoms with E-state index in [0.717, 1.165) is 22.1 Å². The van der Waals surface area contributed by atoms with Gasteiger partial charge in [-0.1, -0.05) is 12.1 Å². The van der Waals surface area contributed by atoms with E-state index in [0.29, 0.717) is 25.5 Å². The van der Waals surface area contributed by atoms with Crippen LogP contribution in [0.15, 0.2) is 29.6 Å². The van der Waals surface area contributed by atoms with Crippen LogP contribution in [0.2, 0.25) is 0 Å². The smallest absolute Gasteiger partial charge is 0.230 e. The van der Waals surface area contributed by atoms with E-state index >= 15 is 0 Å². The van der Waals surface area contributed by atoms with E-state index in [1.807, 2.05) is 29.6 Å². The molecule has 0 saturated carbocycles. The van der Waals surface area contributed by atoms with E-state index in [4.69, 9.17) is 16.3 Å². The van der Waals surface area contributed by atoms with Gasteiger partial charge in [0.2, 0.25) is 5.91 Å². The van der Waals surface area contributed by atoms with Crippen molar-refractivity contribution in [2.24, 2.45) is 0 Å². The van der Waals surface area contributed by atoms with Gasteiger partial charge >= 0.3 is 0 Å². The van der Waals surface area contributed by atoms with Gasteiger partial charge in [-0.2, -0.15) is 0 Å². The Morgan fingerprint density at radius 3 is 3.05 bits per heavy atom. The van der Waals surface area contributed by atoms with Crippen molar-refractivity contribution in [1.29, 1.82) is 0 Å². The van der Waals surface area contributed by atoms with Crippen molar-refractivity contribution in [1.82, 2.24) is 4.98 Å². The van der Waals surface area contributed by atoms with Gasteiger partial charge in [-0.3, -0.25) is 4.79 Å². The number of hydrogen-bond acceptors (Lipinski definition) is 4. The Kier molecular flexibility index (Phi) is 3.89. The van der Waals surface area contributed by atoms with Gasteiger partial charge in [-0.15, -0.1) is 22.9 Å². The van der Waals surface area contributed by atoms with Crippen LogP contribution in [0.3, 0.4) is 0 Å². The summed E-state index contributed by atoms with van der Waals surface area (Å²) in [4.78, 5) is 18.4. The van der Waals surface area contributed by atoms with Crippen molar-refractivity contribution >= 4 is 34.5 Å². The number of para-hydroxylation sites is 2. The summed E-state index contributed by atoms with van der Waals surface area (Å²) >= 11 is 7.28. The first kappa shape index (κ1) is 13.4. The molecule has 104 valence electrons. The van der Waals surface area contributed by atoms with Crippen molar-refractivity contribution in [2.75, 3.05) is 11.5 Å². The molecule has 0 unspecified atom stereocenters. The van der Waals surface area contributed by atoms with Crippen LogP contribution in [-0.2, 0) is 17.2 Å². The summed E-state index contributed by atoms with van der Waals surface area (Å²) < 4.78 is 5.61. The molecule has 0 saturated heterocycles. The predicted octanol–water partition coefficient (Wildman–Crippen LogP) is 3.20. The second-order valence-electron chi connectivity index (χ2n) is 4.41. The molecule has 0 bridgehead atoms. The summed E-state index contributed by atoms with van der Waals surface area (Å²) in [5.74, 6) is 1.19. The minimum atomic E-state index is 0.0533. The minimum Gasteiger partial charge on any atom is -0.491 e. The number of halogens is 1. The van der Waals surface area contributed by atoms with Gasteiger partial charge in [-0.25, -0.2) is 4.98 Å². The topological polar surface area (TPSA) is 42.4 Å². The van der Waals surface area contributed by atoms with Crippen LogP contribution in [0, 0.1) is 0 Å². The van der Waals surface area contributed by atoms with Gasteiger partial charge in [0.05, 0.1) is 36.8 Å². The molecule has 0 atom stereocenters. The average molecular weight is 309 g/mol. The first-order valence-electron chi connectivity index (χ1n) is 6.29. The van der Waals surface area contributed by atoms with E-state index < -0.39 is 0 Å². The molecule has 6 heteroatoms. The maximum Gasteiger partial charge on any atom is 0.230 e. The molecule has 2 heterocycles. The SMILES string of the molecule is O=C1CCOc2ccccc2N1Cc1nc(CCl)cs1. The number of rotatable bonds is 3. The highest BCUT2D eigenvalue weighted by atomic mass is 35.5. The first-order valence-corrected chi connectivity index (χ1v) is 7.71. The Bertz CT molecular complexity index is 629. The van der Waals surface area contributed by atoms with Crippen molar-refractivity contribution < 1.29 is 9.53 Å². The maximum absolute atomic E-state index is 12.3. The standard InChI is InChI=1S/C14H13ClN2O2S/c15-7-10-9-20-13(16-10)8-17-11-3-1-2-4-12(11)19-6-5-14(17)18/h1-4,9H,5-8H2. The molecule has 2 aromatic rings. The third kappa shape index (κ3) is 2.64. The zero-order valence-corrected chi connectivity index (χ0v) is 12.3. The maximum atomic E-state index is 12.3. The molecule has 0 aliphatic carbocycles. The van der Waals surface area contributed by atoms with Gasteiger partial charge in [0.25, 0.3) is 0 Å². The van der Waals surface area contributed by atoms with E-state index in [9.17, 15) is 4.79 Å². The van der Waals surface area contributed by atoms with Crippen molar-refractivity contribution in [3.05, 3.63) is 40.3 Å². The molecule has 0 N–H and O–H groups in total. The molecular formula is C14H13ClN2O2S. The van der Waals surface area contributed by atoms with Gasteiger partial charge in [-0.05, 0) is 12.1 Å². The number of hydrogen-bond donors (Lipinski definition) is 0. The first-order chi connectivity index (χ1) is 9.78. The van der Waals surface area contributed by atoms with Crippen LogP contribution >= 0.6 is 22.9 Å². The molecule has 20 heavy (non-hydrogen) atoms. The van der Waals surface area contributed by atoms with E-state index in [2.05, 4.69) is 4.98 Å². The Morgan fingerprint density at radius 2 is 2.25 bits per heavy atom. The number of nitrogens with zero attached hydrogens (tertiary/aromatic N) is 2. The quantitative estimate of drug-likeness (QED) is 0.818. The molecule has 4 nitrogen and oxygen atoms in total. The van der Waals surface area contributed by atoms with Gasteiger partial charge in [0, 0.05) is 5.38 Å². The van der Waals surface area contributed by atoms with Crippen LogP contribution in [0.5, 0.6) is 5.75 Å². The fraction of sp³-hybridized carbons (Fsp3) is 0.286. The van der Waals surface area contributed by atoms with Crippen LogP contribution in [-0.4, -0.2) is 17.5 Å². The Labute approximate surface area is 126 Å². The van der Waals surface area contributed by atoms with E-state index in [1.54, 1.807) is 4.90 Å². The normalized spacial score (nSPS) is 14.7. The van der Waals surface area contributed by atoms with Gasteiger partial charge in [0.1, 0.15) is 10.8 Å². The molecule has 1 aromatic heterocycles. The number of thiazole rings is 1. The number of ether oxygens (including phenoxy) is 1.